The number of nitrogen functional groups attached to an aromatic ring is 1. The molecule has 4 rings (SSSR count). The van der Waals surface area contributed by atoms with Gasteiger partial charge in [0.1, 0.15) is 11.3 Å². The third kappa shape index (κ3) is 3.50. The first-order valence-corrected chi connectivity index (χ1v) is 10.7. The molecule has 0 atom stereocenters. The lowest BCUT2D eigenvalue weighted by Gasteiger charge is -2.19. The summed E-state index contributed by atoms with van der Waals surface area (Å²) in [5, 5.41) is 0.952. The van der Waals surface area contributed by atoms with Crippen molar-refractivity contribution in [1.82, 2.24) is 19.3 Å². The van der Waals surface area contributed by atoms with Gasteiger partial charge in [-0.2, -0.15) is 0 Å². The molecule has 1 aliphatic rings. The number of hydrogen-bond donors (Lipinski definition) is 2. The van der Waals surface area contributed by atoms with E-state index < -0.39 is 15.6 Å². The van der Waals surface area contributed by atoms with Gasteiger partial charge in [-0.05, 0) is 18.9 Å². The number of ether oxygens (including phenoxy) is 1. The molecule has 0 amide bonds. The molecular weight excluding hydrogens is 366 g/mol. The predicted molar refractivity (Wildman–Crippen MR) is 105 cm³/mol. The Hall–Kier alpha value is -2.23. The van der Waals surface area contributed by atoms with Crippen molar-refractivity contribution in [1.29, 1.82) is 0 Å². The van der Waals surface area contributed by atoms with E-state index in [2.05, 4.69) is 14.3 Å². The van der Waals surface area contributed by atoms with Gasteiger partial charge >= 0.3 is 0 Å². The van der Waals surface area contributed by atoms with Crippen LogP contribution in [0.25, 0.3) is 21.9 Å². The summed E-state index contributed by atoms with van der Waals surface area (Å²) in [4.78, 5) is 9.20. The molecule has 0 spiro atoms. The fourth-order valence-corrected chi connectivity index (χ4v) is 4.65. The molecule has 8 nitrogen and oxygen atoms in total. The van der Waals surface area contributed by atoms with Gasteiger partial charge in [0.2, 0.25) is 10.0 Å². The van der Waals surface area contributed by atoms with E-state index in [4.69, 9.17) is 15.5 Å². The lowest BCUT2D eigenvalue weighted by molar-refractivity contribution is 0.199. The van der Waals surface area contributed by atoms with Crippen LogP contribution in [0, 0.1) is 0 Å². The maximum atomic E-state index is 11.8. The first kappa shape index (κ1) is 18.1. The quantitative estimate of drug-likeness (QED) is 0.632. The molecule has 0 unspecified atom stereocenters. The Bertz CT molecular complexity index is 1120. The third-order valence-corrected chi connectivity index (χ3v) is 5.74. The summed E-state index contributed by atoms with van der Waals surface area (Å²) >= 11 is 0. The van der Waals surface area contributed by atoms with Crippen LogP contribution in [0.4, 0.5) is 5.82 Å². The van der Waals surface area contributed by atoms with Crippen molar-refractivity contribution in [3.63, 3.8) is 0 Å². The molecule has 2 heterocycles. The second-order valence-corrected chi connectivity index (χ2v) is 8.97. The van der Waals surface area contributed by atoms with E-state index in [0.29, 0.717) is 30.9 Å². The summed E-state index contributed by atoms with van der Waals surface area (Å²) in [5.41, 5.74) is 8.05. The maximum absolute atomic E-state index is 11.8. The van der Waals surface area contributed by atoms with Crippen molar-refractivity contribution in [2.45, 2.75) is 31.3 Å². The molecule has 1 saturated carbocycles. The van der Waals surface area contributed by atoms with Crippen molar-refractivity contribution in [2.24, 2.45) is 0 Å². The highest BCUT2D eigenvalue weighted by molar-refractivity contribution is 7.88. The van der Waals surface area contributed by atoms with Crippen LogP contribution < -0.4 is 10.5 Å². The van der Waals surface area contributed by atoms with Crippen molar-refractivity contribution in [2.75, 3.05) is 25.7 Å². The molecule has 0 radical (unpaired) electrons. The first-order valence-electron chi connectivity index (χ1n) is 8.83. The zero-order chi connectivity index (χ0) is 19.2. The predicted octanol–water partition coefficient (Wildman–Crippen LogP) is 1.44. The van der Waals surface area contributed by atoms with Crippen LogP contribution in [0.3, 0.4) is 0 Å². The van der Waals surface area contributed by atoms with Crippen LogP contribution in [-0.4, -0.2) is 48.5 Å². The van der Waals surface area contributed by atoms with Crippen LogP contribution in [-0.2, 0) is 27.7 Å². The number of nitrogens with one attached hydrogen (secondary N) is 1. The minimum absolute atomic E-state index is 0.377. The number of fused-ring (bicyclic) bond motifs is 3. The van der Waals surface area contributed by atoms with Crippen molar-refractivity contribution < 1.29 is 13.2 Å². The second kappa shape index (κ2) is 6.43. The standard InChI is InChI=1S/C18H23N5O3S/c1-26-10-7-14-21-15-16(12-5-3-4-6-13(12)20-17(15)19)23(14)11-18(8-9-18)22-27(2,24)25/h3-6,22H,7-11H2,1-2H3,(H2,19,20). The molecule has 3 aromatic rings. The number of nitrogens with zero attached hydrogens (tertiary/aromatic N) is 3. The van der Waals surface area contributed by atoms with E-state index in [1.165, 1.54) is 6.26 Å². The summed E-state index contributed by atoms with van der Waals surface area (Å²) in [6.45, 7) is 1.02. The molecule has 9 heteroatoms. The van der Waals surface area contributed by atoms with E-state index in [1.54, 1.807) is 7.11 Å². The zero-order valence-electron chi connectivity index (χ0n) is 15.4. The molecule has 1 fully saturated rings. The molecule has 0 aliphatic heterocycles. The van der Waals surface area contributed by atoms with Gasteiger partial charge in [-0.25, -0.2) is 23.1 Å². The van der Waals surface area contributed by atoms with Gasteiger partial charge in [0.15, 0.2) is 5.82 Å². The van der Waals surface area contributed by atoms with Gasteiger partial charge in [-0.15, -0.1) is 0 Å². The minimum atomic E-state index is -3.30. The molecule has 1 aromatic carbocycles. The molecule has 3 N–H and O–H groups in total. The highest BCUT2D eigenvalue weighted by atomic mass is 32.2. The van der Waals surface area contributed by atoms with Gasteiger partial charge in [0, 0.05) is 25.5 Å². The van der Waals surface area contributed by atoms with Gasteiger partial charge in [-0.3, -0.25) is 0 Å². The number of nitrogens with two attached hydrogens (primary N) is 1. The Morgan fingerprint density at radius 1 is 1.30 bits per heavy atom. The highest BCUT2D eigenvalue weighted by Gasteiger charge is 2.46. The lowest BCUT2D eigenvalue weighted by Crippen LogP contribution is -2.39. The zero-order valence-corrected chi connectivity index (χ0v) is 16.2. The van der Waals surface area contributed by atoms with E-state index in [0.717, 1.165) is 35.1 Å². The van der Waals surface area contributed by atoms with Gasteiger partial charge < -0.3 is 15.0 Å². The lowest BCUT2D eigenvalue weighted by atomic mass is 10.1. The van der Waals surface area contributed by atoms with Gasteiger partial charge in [-0.1, -0.05) is 18.2 Å². The Kier molecular flexibility index (Phi) is 4.32. The fraction of sp³-hybridized carbons (Fsp3) is 0.444. The molecule has 144 valence electrons. The van der Waals surface area contributed by atoms with Crippen LogP contribution in [0.5, 0.6) is 0 Å². The van der Waals surface area contributed by atoms with Crippen molar-refractivity contribution >= 4 is 37.8 Å². The Labute approximate surface area is 157 Å². The SMILES string of the molecule is COCCc1nc2c(N)nc3ccccc3c2n1CC1(NS(C)(=O)=O)CC1. The van der Waals surface area contributed by atoms with Crippen LogP contribution in [0.2, 0.25) is 0 Å². The van der Waals surface area contributed by atoms with Crippen LogP contribution in [0.15, 0.2) is 24.3 Å². The number of aromatic nitrogens is 3. The Morgan fingerprint density at radius 3 is 2.70 bits per heavy atom. The van der Waals surface area contributed by atoms with Crippen molar-refractivity contribution in [3.8, 4) is 0 Å². The number of methoxy groups -OCH3 is 1. The van der Waals surface area contributed by atoms with Crippen molar-refractivity contribution in [3.05, 3.63) is 30.1 Å². The summed E-state index contributed by atoms with van der Waals surface area (Å²) in [5.74, 6) is 1.19. The number of sulfonamides is 1. The number of anilines is 1. The average Bonchev–Trinajstić information content (AvgIpc) is 3.23. The number of imidazole rings is 1. The van der Waals surface area contributed by atoms with Crippen LogP contribution in [0.1, 0.15) is 18.7 Å². The Balaban J connectivity index is 1.90. The molecule has 2 aromatic heterocycles. The van der Waals surface area contributed by atoms with Gasteiger partial charge in [0.25, 0.3) is 0 Å². The smallest absolute Gasteiger partial charge is 0.209 e. The normalized spacial score (nSPS) is 16.2. The summed E-state index contributed by atoms with van der Waals surface area (Å²) in [6.07, 6.45) is 3.39. The van der Waals surface area contributed by atoms with E-state index in [1.807, 2.05) is 24.3 Å². The topological polar surface area (TPSA) is 112 Å². The first-order chi connectivity index (χ1) is 12.8. The molecule has 0 bridgehead atoms. The van der Waals surface area contributed by atoms with Crippen LogP contribution >= 0.6 is 0 Å². The minimum Gasteiger partial charge on any atom is -0.384 e. The molecule has 27 heavy (non-hydrogen) atoms. The molecular formula is C18H23N5O3S. The van der Waals surface area contributed by atoms with E-state index in [-0.39, 0.29) is 0 Å². The number of benzene rings is 1. The third-order valence-electron chi connectivity index (χ3n) is 4.94. The largest absolute Gasteiger partial charge is 0.384 e. The number of para-hydroxylation sites is 1. The second-order valence-electron chi connectivity index (χ2n) is 7.22. The Morgan fingerprint density at radius 2 is 2.04 bits per heavy atom. The highest BCUT2D eigenvalue weighted by Crippen LogP contribution is 2.40. The van der Waals surface area contributed by atoms with Gasteiger partial charge in [0.05, 0.1) is 29.4 Å². The number of rotatable bonds is 7. The average molecular weight is 389 g/mol. The maximum Gasteiger partial charge on any atom is 0.209 e. The fourth-order valence-electron chi connectivity index (χ4n) is 3.60. The molecule has 1 aliphatic carbocycles. The molecule has 0 saturated heterocycles. The monoisotopic (exact) mass is 389 g/mol. The van der Waals surface area contributed by atoms with E-state index >= 15 is 0 Å². The number of pyridine rings is 1. The van der Waals surface area contributed by atoms with E-state index in [9.17, 15) is 8.42 Å². The number of hydrogen-bond acceptors (Lipinski definition) is 6. The summed E-state index contributed by atoms with van der Waals surface area (Å²) < 4.78 is 33.7. The summed E-state index contributed by atoms with van der Waals surface area (Å²) in [6, 6.07) is 7.78. The summed E-state index contributed by atoms with van der Waals surface area (Å²) in [7, 11) is -1.66.